The lowest BCUT2D eigenvalue weighted by Gasteiger charge is -2.15. The van der Waals surface area contributed by atoms with Gasteiger partial charge in [0, 0.05) is 35.5 Å². The molecule has 0 saturated carbocycles. The summed E-state index contributed by atoms with van der Waals surface area (Å²) in [6, 6.07) is 21.5. The largest absolute Gasteiger partial charge is 0.467 e. The highest BCUT2D eigenvalue weighted by Gasteiger charge is 2.14. The summed E-state index contributed by atoms with van der Waals surface area (Å²) in [6.45, 7) is 2.06. The fourth-order valence-corrected chi connectivity index (χ4v) is 4.35. The van der Waals surface area contributed by atoms with Crippen LogP contribution in [0.2, 0.25) is 0 Å². The molecular formula is C29H26N8O2. The number of aromatic nitrogens is 6. The molecule has 0 atom stereocenters. The van der Waals surface area contributed by atoms with E-state index in [0.717, 1.165) is 34.3 Å². The molecule has 6 rings (SSSR count). The van der Waals surface area contributed by atoms with E-state index in [1.807, 2.05) is 48.5 Å². The predicted octanol–water partition coefficient (Wildman–Crippen LogP) is 4.21. The van der Waals surface area contributed by atoms with Crippen LogP contribution in [0.4, 0.5) is 11.8 Å². The smallest absolute Gasteiger partial charge is 0.316 e. The van der Waals surface area contributed by atoms with Gasteiger partial charge in [0.2, 0.25) is 5.95 Å². The molecule has 2 aromatic carbocycles. The van der Waals surface area contributed by atoms with Crippen LogP contribution in [0.3, 0.4) is 0 Å². The standard InChI is InChI=1S/C22H19N3O2.C7H7N5/c1-3-17-12-15-8-7-11-19(16-13-23-22(27-2)24-14-16)20(15)21(26)25(17)18-9-5-4-6-10-18;8-6-5-4(2-1-3-10-5)11-7(9)12-6/h4-14H,3H2,1-2H3;1-3H,(H4,8,9,11,12). The van der Waals surface area contributed by atoms with E-state index in [9.17, 15) is 4.79 Å². The van der Waals surface area contributed by atoms with Gasteiger partial charge in [-0.25, -0.2) is 15.0 Å². The third kappa shape index (κ3) is 5.08. The van der Waals surface area contributed by atoms with Gasteiger partial charge in [0.1, 0.15) is 5.52 Å². The molecule has 4 N–H and O–H groups in total. The summed E-state index contributed by atoms with van der Waals surface area (Å²) in [7, 11) is 1.53. The van der Waals surface area contributed by atoms with Gasteiger partial charge in [-0.2, -0.15) is 4.98 Å². The highest BCUT2D eigenvalue weighted by Crippen LogP contribution is 2.27. The number of para-hydroxylation sites is 1. The zero-order valence-electron chi connectivity index (χ0n) is 21.4. The number of benzene rings is 2. The summed E-state index contributed by atoms with van der Waals surface area (Å²) in [5.41, 5.74) is 15.6. The molecule has 0 radical (unpaired) electrons. The number of hydrogen-bond acceptors (Lipinski definition) is 9. The number of anilines is 2. The number of ether oxygens (including phenoxy) is 1. The SMILES string of the molecule is CCc1cc2cccc(-c3cnc(OC)nc3)c2c(=O)n1-c1ccccc1.Nc1nc(N)c2ncccc2n1. The Morgan fingerprint density at radius 1 is 0.897 bits per heavy atom. The lowest BCUT2D eigenvalue weighted by Crippen LogP contribution is -2.22. The van der Waals surface area contributed by atoms with Gasteiger partial charge in [0.05, 0.1) is 18.0 Å². The van der Waals surface area contributed by atoms with Gasteiger partial charge in [-0.15, -0.1) is 0 Å². The summed E-state index contributed by atoms with van der Waals surface area (Å²) < 4.78 is 6.82. The van der Waals surface area contributed by atoms with Gasteiger partial charge in [-0.3, -0.25) is 14.3 Å². The molecule has 4 aromatic heterocycles. The second-order valence-electron chi connectivity index (χ2n) is 8.53. The molecule has 0 bridgehead atoms. The molecule has 0 aliphatic heterocycles. The van der Waals surface area contributed by atoms with Crippen LogP contribution in [0.15, 0.2) is 90.1 Å². The van der Waals surface area contributed by atoms with Crippen LogP contribution in [-0.2, 0) is 6.42 Å². The minimum absolute atomic E-state index is 0.0398. The maximum Gasteiger partial charge on any atom is 0.316 e. The first-order valence-corrected chi connectivity index (χ1v) is 12.2. The Hall–Kier alpha value is -5.38. The van der Waals surface area contributed by atoms with Crippen molar-refractivity contribution in [2.45, 2.75) is 13.3 Å². The molecule has 194 valence electrons. The molecule has 0 amide bonds. The number of rotatable bonds is 4. The first-order valence-electron chi connectivity index (χ1n) is 12.2. The average molecular weight is 519 g/mol. The Labute approximate surface area is 224 Å². The van der Waals surface area contributed by atoms with Gasteiger partial charge in [-0.1, -0.05) is 43.3 Å². The Morgan fingerprint density at radius 2 is 1.67 bits per heavy atom. The van der Waals surface area contributed by atoms with E-state index >= 15 is 0 Å². The molecule has 10 nitrogen and oxygen atoms in total. The van der Waals surface area contributed by atoms with Crippen molar-refractivity contribution in [3.8, 4) is 22.8 Å². The van der Waals surface area contributed by atoms with E-state index in [2.05, 4.69) is 37.9 Å². The van der Waals surface area contributed by atoms with Crippen LogP contribution in [0, 0.1) is 0 Å². The zero-order chi connectivity index (χ0) is 27.4. The van der Waals surface area contributed by atoms with E-state index in [1.54, 1.807) is 35.3 Å². The molecule has 10 heteroatoms. The number of pyridine rings is 2. The number of aryl methyl sites for hydroxylation is 1. The number of methoxy groups -OCH3 is 1. The monoisotopic (exact) mass is 518 g/mol. The third-order valence-electron chi connectivity index (χ3n) is 6.12. The van der Waals surface area contributed by atoms with Gasteiger partial charge in [0.25, 0.3) is 5.56 Å². The van der Waals surface area contributed by atoms with Crippen molar-refractivity contribution in [3.63, 3.8) is 0 Å². The molecule has 0 spiro atoms. The maximum atomic E-state index is 13.5. The van der Waals surface area contributed by atoms with E-state index in [1.165, 1.54) is 7.11 Å². The van der Waals surface area contributed by atoms with E-state index in [4.69, 9.17) is 16.2 Å². The molecule has 0 aliphatic rings. The number of fused-ring (bicyclic) bond motifs is 2. The topological polar surface area (TPSA) is 148 Å². The molecule has 0 saturated heterocycles. The predicted molar refractivity (Wildman–Crippen MR) is 153 cm³/mol. The van der Waals surface area contributed by atoms with Crippen molar-refractivity contribution >= 4 is 33.6 Å². The second kappa shape index (κ2) is 10.9. The van der Waals surface area contributed by atoms with Crippen molar-refractivity contribution in [1.82, 2.24) is 29.5 Å². The van der Waals surface area contributed by atoms with E-state index < -0.39 is 0 Å². The zero-order valence-corrected chi connectivity index (χ0v) is 21.4. The normalized spacial score (nSPS) is 10.7. The van der Waals surface area contributed by atoms with Gasteiger partial charge in [-0.05, 0) is 47.7 Å². The van der Waals surface area contributed by atoms with Crippen LogP contribution in [0.5, 0.6) is 6.01 Å². The van der Waals surface area contributed by atoms with Crippen molar-refractivity contribution in [2.75, 3.05) is 18.6 Å². The summed E-state index contributed by atoms with van der Waals surface area (Å²) in [5, 5.41) is 1.57. The van der Waals surface area contributed by atoms with Gasteiger partial charge in [0.15, 0.2) is 5.82 Å². The van der Waals surface area contributed by atoms with Gasteiger partial charge >= 0.3 is 6.01 Å². The number of hydrogen-bond donors (Lipinski definition) is 2. The van der Waals surface area contributed by atoms with Crippen LogP contribution < -0.4 is 21.8 Å². The highest BCUT2D eigenvalue weighted by molar-refractivity contribution is 5.96. The van der Waals surface area contributed by atoms with Crippen LogP contribution in [0.1, 0.15) is 12.6 Å². The van der Waals surface area contributed by atoms with Crippen LogP contribution >= 0.6 is 0 Å². The Balaban J connectivity index is 0.000000214. The fourth-order valence-electron chi connectivity index (χ4n) is 4.35. The average Bonchev–Trinajstić information content (AvgIpc) is 2.97. The van der Waals surface area contributed by atoms with Crippen molar-refractivity contribution in [3.05, 3.63) is 101 Å². The first kappa shape index (κ1) is 25.3. The number of nitrogen functional groups attached to an aromatic ring is 2. The lowest BCUT2D eigenvalue weighted by atomic mass is 10.0. The summed E-state index contributed by atoms with van der Waals surface area (Å²) in [6.07, 6.45) is 5.76. The quantitative estimate of drug-likeness (QED) is 0.350. The van der Waals surface area contributed by atoms with E-state index in [0.29, 0.717) is 28.2 Å². The number of nitrogens with two attached hydrogens (primary N) is 2. The van der Waals surface area contributed by atoms with Crippen LogP contribution in [-0.4, -0.2) is 36.6 Å². The second-order valence-corrected chi connectivity index (χ2v) is 8.53. The van der Waals surface area contributed by atoms with Crippen molar-refractivity contribution in [2.24, 2.45) is 0 Å². The molecule has 39 heavy (non-hydrogen) atoms. The molecule has 0 aliphatic carbocycles. The minimum Gasteiger partial charge on any atom is -0.467 e. The molecule has 0 unspecified atom stereocenters. The highest BCUT2D eigenvalue weighted by atomic mass is 16.5. The Morgan fingerprint density at radius 3 is 2.38 bits per heavy atom. The summed E-state index contributed by atoms with van der Waals surface area (Å²) in [5.74, 6) is 0.492. The van der Waals surface area contributed by atoms with Crippen molar-refractivity contribution < 1.29 is 4.74 Å². The number of nitrogens with zero attached hydrogens (tertiary/aromatic N) is 6. The van der Waals surface area contributed by atoms with Crippen molar-refractivity contribution in [1.29, 1.82) is 0 Å². The molecular weight excluding hydrogens is 492 g/mol. The fraction of sp³-hybridized carbons (Fsp3) is 0.103. The Bertz CT molecular complexity index is 1820. The molecule has 0 fully saturated rings. The van der Waals surface area contributed by atoms with Crippen LogP contribution in [0.25, 0.3) is 38.6 Å². The Kier molecular flexibility index (Phi) is 7.09. The van der Waals surface area contributed by atoms with E-state index in [-0.39, 0.29) is 11.5 Å². The third-order valence-corrected chi connectivity index (χ3v) is 6.12. The lowest BCUT2D eigenvalue weighted by molar-refractivity contribution is 0.380. The van der Waals surface area contributed by atoms with Gasteiger partial charge < -0.3 is 16.2 Å². The molecule has 4 heterocycles. The molecule has 6 aromatic rings. The summed E-state index contributed by atoms with van der Waals surface area (Å²) in [4.78, 5) is 33.6. The minimum atomic E-state index is -0.0398. The first-order chi connectivity index (χ1) is 19.0. The maximum absolute atomic E-state index is 13.5. The summed E-state index contributed by atoms with van der Waals surface area (Å²) >= 11 is 0.